The van der Waals surface area contributed by atoms with Crippen molar-refractivity contribution in [1.29, 1.82) is 0 Å². The van der Waals surface area contributed by atoms with Gasteiger partial charge in [-0.05, 0) is 51.4 Å². The third-order valence-electron chi connectivity index (χ3n) is 5.09. The minimum atomic E-state index is -0.191. The molecule has 0 aliphatic carbocycles. The van der Waals surface area contributed by atoms with E-state index >= 15 is 0 Å². The topological polar surface area (TPSA) is 61.4 Å². The highest BCUT2D eigenvalue weighted by Gasteiger charge is 2.20. The maximum atomic E-state index is 12.9. The van der Waals surface area contributed by atoms with E-state index < -0.39 is 0 Å². The maximum Gasteiger partial charge on any atom is 0.274 e. The summed E-state index contributed by atoms with van der Waals surface area (Å²) in [6.45, 7) is 15.0. The number of hydrogen-bond donors (Lipinski definition) is 1. The van der Waals surface area contributed by atoms with Crippen molar-refractivity contribution in [3.05, 3.63) is 46.3 Å². The van der Waals surface area contributed by atoms with Gasteiger partial charge in [-0.25, -0.2) is 9.97 Å². The van der Waals surface area contributed by atoms with Gasteiger partial charge in [0, 0.05) is 37.6 Å². The SMILES string of the molecule is CCN1CCN(c2nc(C)cc(C(=O)Nc3c(C)cc(C)cc3C)n2)CC1. The summed E-state index contributed by atoms with van der Waals surface area (Å²) >= 11 is 0. The molecule has 1 aliphatic rings. The normalized spacial score (nSPS) is 15.1. The van der Waals surface area contributed by atoms with Crippen molar-refractivity contribution in [1.82, 2.24) is 14.9 Å². The third-order valence-corrected chi connectivity index (χ3v) is 5.09. The number of carbonyl (C=O) groups is 1. The molecule has 1 aromatic heterocycles. The summed E-state index contributed by atoms with van der Waals surface area (Å²) in [5.74, 6) is 0.456. The highest BCUT2D eigenvalue weighted by Crippen LogP contribution is 2.23. The lowest BCUT2D eigenvalue weighted by Gasteiger charge is -2.34. The van der Waals surface area contributed by atoms with Gasteiger partial charge in [-0.3, -0.25) is 4.79 Å². The van der Waals surface area contributed by atoms with Gasteiger partial charge in [0.2, 0.25) is 5.95 Å². The number of nitrogens with zero attached hydrogens (tertiary/aromatic N) is 4. The van der Waals surface area contributed by atoms with Crippen LogP contribution in [0.15, 0.2) is 18.2 Å². The van der Waals surface area contributed by atoms with Crippen LogP contribution < -0.4 is 10.2 Å². The molecule has 0 radical (unpaired) electrons. The van der Waals surface area contributed by atoms with Crippen molar-refractivity contribution >= 4 is 17.5 Å². The largest absolute Gasteiger partial charge is 0.338 e. The van der Waals surface area contributed by atoms with E-state index in [0.29, 0.717) is 11.6 Å². The smallest absolute Gasteiger partial charge is 0.274 e. The molecule has 6 nitrogen and oxygen atoms in total. The zero-order chi connectivity index (χ0) is 19.6. The van der Waals surface area contributed by atoms with Gasteiger partial charge in [-0.15, -0.1) is 0 Å². The predicted octanol–water partition coefficient (Wildman–Crippen LogP) is 3.10. The molecule has 1 aliphatic heterocycles. The fraction of sp³-hybridized carbons (Fsp3) is 0.476. The molecule has 1 fully saturated rings. The molecule has 1 saturated heterocycles. The first-order chi connectivity index (χ1) is 12.9. The monoisotopic (exact) mass is 367 g/mol. The van der Waals surface area contributed by atoms with Gasteiger partial charge in [0.15, 0.2) is 0 Å². The Morgan fingerprint density at radius 1 is 1.00 bits per heavy atom. The number of amides is 1. The first-order valence-corrected chi connectivity index (χ1v) is 9.59. The second-order valence-electron chi connectivity index (χ2n) is 7.34. The zero-order valence-corrected chi connectivity index (χ0v) is 17.0. The Hall–Kier alpha value is -2.47. The van der Waals surface area contributed by atoms with Crippen LogP contribution >= 0.6 is 0 Å². The molecule has 0 saturated carbocycles. The quantitative estimate of drug-likeness (QED) is 0.900. The molecule has 27 heavy (non-hydrogen) atoms. The number of piperazine rings is 1. The van der Waals surface area contributed by atoms with Crippen LogP contribution in [0.2, 0.25) is 0 Å². The minimum Gasteiger partial charge on any atom is -0.338 e. The van der Waals surface area contributed by atoms with Crippen LogP contribution in [0.4, 0.5) is 11.6 Å². The number of anilines is 2. The Bertz CT molecular complexity index is 817. The van der Waals surface area contributed by atoms with E-state index in [1.54, 1.807) is 6.07 Å². The van der Waals surface area contributed by atoms with Gasteiger partial charge < -0.3 is 15.1 Å². The van der Waals surface area contributed by atoms with Crippen molar-refractivity contribution in [3.63, 3.8) is 0 Å². The van der Waals surface area contributed by atoms with E-state index in [4.69, 9.17) is 0 Å². The number of aryl methyl sites for hydroxylation is 4. The van der Waals surface area contributed by atoms with Crippen molar-refractivity contribution in [3.8, 4) is 0 Å². The van der Waals surface area contributed by atoms with E-state index in [-0.39, 0.29) is 5.91 Å². The summed E-state index contributed by atoms with van der Waals surface area (Å²) in [6.07, 6.45) is 0. The molecule has 6 heteroatoms. The molecule has 0 spiro atoms. The van der Waals surface area contributed by atoms with E-state index in [0.717, 1.165) is 55.2 Å². The fourth-order valence-corrected chi connectivity index (χ4v) is 3.63. The highest BCUT2D eigenvalue weighted by molar-refractivity contribution is 6.04. The minimum absolute atomic E-state index is 0.191. The Labute approximate surface area is 161 Å². The molecular formula is C21H29N5O. The van der Waals surface area contributed by atoms with Crippen molar-refractivity contribution in [2.75, 3.05) is 42.9 Å². The van der Waals surface area contributed by atoms with Crippen LogP contribution in [0.5, 0.6) is 0 Å². The van der Waals surface area contributed by atoms with Gasteiger partial charge >= 0.3 is 0 Å². The molecule has 3 rings (SSSR count). The standard InChI is InChI=1S/C21H29N5O/c1-6-25-7-9-26(10-8-25)21-22-17(5)13-18(23-21)20(27)24-19-15(3)11-14(2)12-16(19)4/h11-13H,6-10H2,1-5H3,(H,24,27). The second-order valence-corrected chi connectivity index (χ2v) is 7.34. The summed E-state index contributed by atoms with van der Waals surface area (Å²) < 4.78 is 0. The lowest BCUT2D eigenvalue weighted by Crippen LogP contribution is -2.47. The van der Waals surface area contributed by atoms with Gasteiger partial charge in [-0.1, -0.05) is 24.6 Å². The van der Waals surface area contributed by atoms with E-state index in [9.17, 15) is 4.79 Å². The lowest BCUT2D eigenvalue weighted by atomic mass is 10.0. The van der Waals surface area contributed by atoms with E-state index in [1.807, 2.05) is 20.8 Å². The third kappa shape index (κ3) is 4.45. The lowest BCUT2D eigenvalue weighted by molar-refractivity contribution is 0.102. The van der Waals surface area contributed by atoms with Crippen LogP contribution in [0.1, 0.15) is 39.8 Å². The predicted molar refractivity (Wildman–Crippen MR) is 110 cm³/mol. The Kier molecular flexibility index (Phi) is 5.75. The second kappa shape index (κ2) is 8.05. The molecule has 1 N–H and O–H groups in total. The summed E-state index contributed by atoms with van der Waals surface area (Å²) in [7, 11) is 0. The van der Waals surface area contributed by atoms with Crippen LogP contribution in [0.25, 0.3) is 0 Å². The summed E-state index contributed by atoms with van der Waals surface area (Å²) in [4.78, 5) is 26.6. The maximum absolute atomic E-state index is 12.9. The number of nitrogens with one attached hydrogen (secondary N) is 1. The van der Waals surface area contributed by atoms with Crippen molar-refractivity contribution in [2.45, 2.75) is 34.6 Å². The van der Waals surface area contributed by atoms with Crippen LogP contribution in [-0.4, -0.2) is 53.5 Å². The van der Waals surface area contributed by atoms with Gasteiger partial charge in [0.05, 0.1) is 0 Å². The average molecular weight is 367 g/mol. The molecule has 144 valence electrons. The Balaban J connectivity index is 1.81. The van der Waals surface area contributed by atoms with Crippen LogP contribution in [0, 0.1) is 27.7 Å². The summed E-state index contributed by atoms with van der Waals surface area (Å²) in [5.41, 5.74) is 5.38. The summed E-state index contributed by atoms with van der Waals surface area (Å²) in [5, 5.41) is 3.04. The molecule has 0 atom stereocenters. The molecule has 0 unspecified atom stereocenters. The zero-order valence-electron chi connectivity index (χ0n) is 17.0. The van der Waals surface area contributed by atoms with E-state index in [1.165, 1.54) is 5.56 Å². The van der Waals surface area contributed by atoms with Crippen LogP contribution in [0.3, 0.4) is 0 Å². The first kappa shape index (κ1) is 19.3. The highest BCUT2D eigenvalue weighted by atomic mass is 16.1. The summed E-state index contributed by atoms with van der Waals surface area (Å²) in [6, 6.07) is 5.90. The number of carbonyl (C=O) groups excluding carboxylic acids is 1. The van der Waals surface area contributed by atoms with Crippen molar-refractivity contribution in [2.24, 2.45) is 0 Å². The molecule has 2 heterocycles. The van der Waals surface area contributed by atoms with Crippen LogP contribution in [-0.2, 0) is 0 Å². The van der Waals surface area contributed by atoms with Crippen molar-refractivity contribution < 1.29 is 4.79 Å². The van der Waals surface area contributed by atoms with Gasteiger partial charge in [0.1, 0.15) is 5.69 Å². The number of aromatic nitrogens is 2. The number of likely N-dealkylation sites (N-methyl/N-ethyl adjacent to an activating group) is 1. The van der Waals surface area contributed by atoms with E-state index in [2.05, 4.69) is 51.1 Å². The Morgan fingerprint density at radius 3 is 2.22 bits per heavy atom. The molecule has 1 aromatic carbocycles. The molecule has 0 bridgehead atoms. The number of benzene rings is 1. The average Bonchev–Trinajstić information content (AvgIpc) is 2.64. The number of hydrogen-bond acceptors (Lipinski definition) is 5. The molecule has 2 aromatic rings. The van der Waals surface area contributed by atoms with Gasteiger partial charge in [0.25, 0.3) is 5.91 Å². The first-order valence-electron chi connectivity index (χ1n) is 9.59. The molecule has 1 amide bonds. The van der Waals surface area contributed by atoms with Gasteiger partial charge in [-0.2, -0.15) is 0 Å². The molecular weight excluding hydrogens is 338 g/mol. The number of rotatable bonds is 4. The Morgan fingerprint density at radius 2 is 1.63 bits per heavy atom. The fourth-order valence-electron chi connectivity index (χ4n) is 3.63.